The van der Waals surface area contributed by atoms with Gasteiger partial charge in [0.2, 0.25) is 5.91 Å². The van der Waals surface area contributed by atoms with Gasteiger partial charge in [0.1, 0.15) is 0 Å². The van der Waals surface area contributed by atoms with E-state index in [2.05, 4.69) is 5.32 Å². The van der Waals surface area contributed by atoms with Gasteiger partial charge in [0.15, 0.2) is 0 Å². The van der Waals surface area contributed by atoms with Crippen LogP contribution in [0.25, 0.3) is 0 Å². The highest BCUT2D eigenvalue weighted by atomic mass is 16.2. The lowest BCUT2D eigenvalue weighted by Crippen LogP contribution is -2.30. The number of hydrogen-bond donors (Lipinski definition) is 2. The molecular formula is C14H21N3O2. The molecule has 0 aromatic heterocycles. The number of hydrogen-bond acceptors (Lipinski definition) is 3. The third-order valence-corrected chi connectivity index (χ3v) is 2.77. The van der Waals surface area contributed by atoms with Gasteiger partial charge in [-0.3, -0.25) is 9.59 Å². The largest absolute Gasteiger partial charge is 0.352 e. The molecule has 0 spiro atoms. The fourth-order valence-electron chi connectivity index (χ4n) is 1.60. The van der Waals surface area contributed by atoms with E-state index in [4.69, 9.17) is 5.73 Å². The summed E-state index contributed by atoms with van der Waals surface area (Å²) in [6, 6.07) is 7.34. The molecule has 1 rings (SSSR count). The van der Waals surface area contributed by atoms with Crippen LogP contribution < -0.4 is 11.1 Å². The number of nitrogens with zero attached hydrogens (tertiary/aromatic N) is 1. The van der Waals surface area contributed by atoms with Crippen molar-refractivity contribution in [3.8, 4) is 0 Å². The van der Waals surface area contributed by atoms with E-state index in [1.165, 1.54) is 4.90 Å². The van der Waals surface area contributed by atoms with E-state index in [1.807, 2.05) is 12.1 Å². The highest BCUT2D eigenvalue weighted by Crippen LogP contribution is 2.04. The lowest BCUT2D eigenvalue weighted by molar-refractivity contribution is -0.128. The number of amides is 2. The van der Waals surface area contributed by atoms with Gasteiger partial charge in [-0.2, -0.15) is 0 Å². The van der Waals surface area contributed by atoms with Gasteiger partial charge in [0, 0.05) is 32.6 Å². The Labute approximate surface area is 113 Å². The first-order chi connectivity index (χ1) is 9.04. The summed E-state index contributed by atoms with van der Waals surface area (Å²) in [5, 5.41) is 2.73. The Balaban J connectivity index is 2.43. The Morgan fingerprint density at radius 2 is 1.84 bits per heavy atom. The highest BCUT2D eigenvalue weighted by Gasteiger charge is 2.07. The van der Waals surface area contributed by atoms with Crippen LogP contribution in [0.5, 0.6) is 0 Å². The van der Waals surface area contributed by atoms with E-state index in [0.29, 0.717) is 25.1 Å². The van der Waals surface area contributed by atoms with Crippen LogP contribution in [0, 0.1) is 0 Å². The minimum absolute atomic E-state index is 0.00130. The molecule has 0 fully saturated rings. The summed E-state index contributed by atoms with van der Waals surface area (Å²) >= 11 is 0. The lowest BCUT2D eigenvalue weighted by Gasteiger charge is -2.10. The first-order valence-electron chi connectivity index (χ1n) is 6.32. The number of rotatable bonds is 6. The fourth-order valence-corrected chi connectivity index (χ4v) is 1.60. The van der Waals surface area contributed by atoms with Crippen LogP contribution >= 0.6 is 0 Å². The van der Waals surface area contributed by atoms with E-state index in [1.54, 1.807) is 26.2 Å². The molecule has 0 heterocycles. The Hall–Kier alpha value is -1.88. The molecule has 1 aromatic rings. The van der Waals surface area contributed by atoms with Gasteiger partial charge < -0.3 is 16.0 Å². The van der Waals surface area contributed by atoms with Gasteiger partial charge in [-0.25, -0.2) is 0 Å². The molecule has 5 nitrogen and oxygen atoms in total. The van der Waals surface area contributed by atoms with Gasteiger partial charge in [-0.15, -0.1) is 0 Å². The second-order valence-electron chi connectivity index (χ2n) is 4.53. The Kier molecular flexibility index (Phi) is 6.02. The van der Waals surface area contributed by atoms with Gasteiger partial charge in [0.05, 0.1) is 0 Å². The molecule has 104 valence electrons. The molecule has 0 saturated carbocycles. The maximum atomic E-state index is 11.8. The standard InChI is InChI=1S/C14H21N3O2/c1-17(2)13(18)8-10-16-14(19)12-5-3-11(4-6-12)7-9-15/h3-6H,7-10,15H2,1-2H3,(H,16,19). The van der Waals surface area contributed by atoms with Crippen molar-refractivity contribution in [3.05, 3.63) is 35.4 Å². The van der Waals surface area contributed by atoms with Crippen molar-refractivity contribution in [2.75, 3.05) is 27.2 Å². The zero-order chi connectivity index (χ0) is 14.3. The number of carbonyl (C=O) groups is 2. The van der Waals surface area contributed by atoms with Crippen molar-refractivity contribution in [2.45, 2.75) is 12.8 Å². The number of benzene rings is 1. The molecule has 0 saturated heterocycles. The predicted molar refractivity (Wildman–Crippen MR) is 74.8 cm³/mol. The van der Waals surface area contributed by atoms with Crippen LogP contribution in [0.2, 0.25) is 0 Å². The van der Waals surface area contributed by atoms with E-state index in [0.717, 1.165) is 12.0 Å². The zero-order valence-electron chi connectivity index (χ0n) is 11.5. The molecule has 5 heteroatoms. The quantitative estimate of drug-likeness (QED) is 0.780. The lowest BCUT2D eigenvalue weighted by atomic mass is 10.1. The summed E-state index contributed by atoms with van der Waals surface area (Å²) in [6.07, 6.45) is 1.11. The van der Waals surface area contributed by atoms with Crippen molar-refractivity contribution in [2.24, 2.45) is 5.73 Å². The average molecular weight is 263 g/mol. The van der Waals surface area contributed by atoms with Gasteiger partial charge in [0.25, 0.3) is 5.91 Å². The smallest absolute Gasteiger partial charge is 0.251 e. The van der Waals surface area contributed by atoms with Crippen molar-refractivity contribution >= 4 is 11.8 Å². The summed E-state index contributed by atoms with van der Waals surface area (Å²) in [6.45, 7) is 0.943. The van der Waals surface area contributed by atoms with Crippen LogP contribution in [0.4, 0.5) is 0 Å². The van der Waals surface area contributed by atoms with E-state index in [-0.39, 0.29) is 11.8 Å². The van der Waals surface area contributed by atoms with Crippen LogP contribution in [0.15, 0.2) is 24.3 Å². The maximum Gasteiger partial charge on any atom is 0.251 e. The van der Waals surface area contributed by atoms with E-state index < -0.39 is 0 Å². The second-order valence-corrected chi connectivity index (χ2v) is 4.53. The topological polar surface area (TPSA) is 75.4 Å². The monoisotopic (exact) mass is 263 g/mol. The molecular weight excluding hydrogens is 242 g/mol. The molecule has 0 atom stereocenters. The van der Waals surface area contributed by atoms with Crippen molar-refractivity contribution < 1.29 is 9.59 Å². The number of nitrogens with one attached hydrogen (secondary N) is 1. The Morgan fingerprint density at radius 1 is 1.21 bits per heavy atom. The minimum atomic E-state index is -0.161. The summed E-state index contributed by atoms with van der Waals surface area (Å²) < 4.78 is 0. The van der Waals surface area contributed by atoms with Crippen LogP contribution in [0.1, 0.15) is 22.3 Å². The molecule has 0 aliphatic heterocycles. The predicted octanol–water partition coefficient (Wildman–Crippen LogP) is 0.396. The summed E-state index contributed by atoms with van der Waals surface area (Å²) in [5.74, 6) is -0.163. The molecule has 0 bridgehead atoms. The van der Waals surface area contributed by atoms with Gasteiger partial charge >= 0.3 is 0 Å². The molecule has 2 amide bonds. The minimum Gasteiger partial charge on any atom is -0.352 e. The molecule has 0 aliphatic rings. The molecule has 1 aromatic carbocycles. The number of carbonyl (C=O) groups excluding carboxylic acids is 2. The maximum absolute atomic E-state index is 11.8. The summed E-state index contributed by atoms with van der Waals surface area (Å²) in [4.78, 5) is 24.7. The average Bonchev–Trinajstić information content (AvgIpc) is 2.39. The first-order valence-corrected chi connectivity index (χ1v) is 6.32. The summed E-state index contributed by atoms with van der Waals surface area (Å²) in [5.41, 5.74) is 7.17. The SMILES string of the molecule is CN(C)C(=O)CCNC(=O)c1ccc(CCN)cc1. The van der Waals surface area contributed by atoms with Gasteiger partial charge in [-0.1, -0.05) is 12.1 Å². The third-order valence-electron chi connectivity index (χ3n) is 2.77. The van der Waals surface area contributed by atoms with E-state index in [9.17, 15) is 9.59 Å². The fraction of sp³-hybridized carbons (Fsp3) is 0.429. The molecule has 0 aliphatic carbocycles. The first kappa shape index (κ1) is 15.2. The van der Waals surface area contributed by atoms with Crippen molar-refractivity contribution in [1.82, 2.24) is 10.2 Å². The van der Waals surface area contributed by atoms with Crippen molar-refractivity contribution in [1.29, 1.82) is 0 Å². The van der Waals surface area contributed by atoms with Crippen molar-refractivity contribution in [3.63, 3.8) is 0 Å². The number of nitrogens with two attached hydrogens (primary N) is 1. The zero-order valence-corrected chi connectivity index (χ0v) is 11.5. The van der Waals surface area contributed by atoms with E-state index >= 15 is 0 Å². The molecule has 19 heavy (non-hydrogen) atoms. The normalized spacial score (nSPS) is 10.1. The van der Waals surface area contributed by atoms with Crippen LogP contribution in [-0.4, -0.2) is 43.9 Å². The summed E-state index contributed by atoms with van der Waals surface area (Å²) in [7, 11) is 3.39. The second kappa shape index (κ2) is 7.53. The molecule has 0 unspecified atom stereocenters. The van der Waals surface area contributed by atoms with Crippen LogP contribution in [0.3, 0.4) is 0 Å². The van der Waals surface area contributed by atoms with Crippen LogP contribution in [-0.2, 0) is 11.2 Å². The molecule has 0 radical (unpaired) electrons. The third kappa shape index (κ3) is 5.09. The Morgan fingerprint density at radius 3 is 2.37 bits per heavy atom. The Bertz CT molecular complexity index is 427. The highest BCUT2D eigenvalue weighted by molar-refractivity contribution is 5.94. The molecule has 3 N–H and O–H groups in total. The van der Waals surface area contributed by atoms with Gasteiger partial charge in [-0.05, 0) is 30.7 Å².